The van der Waals surface area contributed by atoms with Crippen molar-refractivity contribution in [3.63, 3.8) is 0 Å². The van der Waals surface area contributed by atoms with Crippen molar-refractivity contribution in [3.05, 3.63) is 69.0 Å². The van der Waals surface area contributed by atoms with Crippen LogP contribution in [-0.2, 0) is 6.54 Å². The van der Waals surface area contributed by atoms with Crippen molar-refractivity contribution in [2.75, 3.05) is 25.8 Å². The predicted molar refractivity (Wildman–Crippen MR) is 123 cm³/mol. The summed E-state index contributed by atoms with van der Waals surface area (Å²) < 4.78 is 22.5. The second kappa shape index (κ2) is 8.77. The molecular weight excluding hydrogens is 442 g/mol. The molecule has 0 saturated heterocycles. The highest BCUT2D eigenvalue weighted by Gasteiger charge is 2.17. The molecule has 34 heavy (non-hydrogen) atoms. The van der Waals surface area contributed by atoms with Crippen LogP contribution in [0.4, 0.5) is 5.95 Å². The first-order chi connectivity index (χ1) is 16.6. The number of H-pyrrole nitrogens is 1. The zero-order valence-corrected chi connectivity index (χ0v) is 18.5. The van der Waals surface area contributed by atoms with Crippen molar-refractivity contribution < 1.29 is 18.9 Å². The van der Waals surface area contributed by atoms with E-state index in [4.69, 9.17) is 18.9 Å². The van der Waals surface area contributed by atoms with Gasteiger partial charge < -0.3 is 24.3 Å². The third-order valence-corrected chi connectivity index (χ3v) is 5.24. The molecule has 1 aliphatic rings. The van der Waals surface area contributed by atoms with Gasteiger partial charge in [-0.25, -0.2) is 14.3 Å². The number of aromatic nitrogens is 4. The molecule has 2 aromatic carbocycles. The number of fused-ring (bicyclic) bond motifs is 2. The lowest BCUT2D eigenvalue weighted by atomic mass is 10.2. The van der Waals surface area contributed by atoms with E-state index in [-0.39, 0.29) is 23.8 Å². The van der Waals surface area contributed by atoms with Crippen LogP contribution in [0.25, 0.3) is 16.7 Å². The Labute approximate surface area is 192 Å². The Morgan fingerprint density at radius 2 is 1.97 bits per heavy atom. The summed E-state index contributed by atoms with van der Waals surface area (Å²) in [6.45, 7) is 2.90. The quantitative estimate of drug-likeness (QED) is 0.424. The van der Waals surface area contributed by atoms with E-state index in [1.165, 1.54) is 6.20 Å². The number of hydrogen-bond acceptors (Lipinski definition) is 9. The topological polar surface area (TPSA) is 130 Å². The van der Waals surface area contributed by atoms with E-state index in [1.807, 2.05) is 25.1 Å². The number of methoxy groups -OCH3 is 1. The molecule has 11 nitrogen and oxygen atoms in total. The molecule has 174 valence electrons. The van der Waals surface area contributed by atoms with E-state index in [2.05, 4.69) is 20.3 Å². The molecule has 3 heterocycles. The van der Waals surface area contributed by atoms with Crippen LogP contribution in [0.2, 0.25) is 0 Å². The van der Waals surface area contributed by atoms with Gasteiger partial charge in [0.05, 0.1) is 19.4 Å². The molecule has 0 unspecified atom stereocenters. The lowest BCUT2D eigenvalue weighted by Crippen LogP contribution is -2.34. The molecule has 2 N–H and O–H groups in total. The number of anilines is 1. The number of hydrogen-bond donors (Lipinski definition) is 2. The Hall–Kier alpha value is -4.54. The van der Waals surface area contributed by atoms with Gasteiger partial charge in [-0.3, -0.25) is 9.78 Å². The highest BCUT2D eigenvalue weighted by atomic mass is 16.7. The molecule has 4 aromatic rings. The number of aromatic amines is 1. The average Bonchev–Trinajstić information content (AvgIpc) is 3.31. The van der Waals surface area contributed by atoms with Crippen LogP contribution in [0.5, 0.6) is 23.0 Å². The fraction of sp³-hybridized carbons (Fsp3) is 0.217. The normalized spacial score (nSPS) is 12.1. The van der Waals surface area contributed by atoms with Crippen molar-refractivity contribution in [1.82, 2.24) is 19.5 Å². The molecule has 0 aliphatic carbocycles. The van der Waals surface area contributed by atoms with Crippen LogP contribution in [0, 0.1) is 0 Å². The first kappa shape index (κ1) is 21.3. The minimum Gasteiger partial charge on any atom is -0.493 e. The molecule has 0 saturated carbocycles. The van der Waals surface area contributed by atoms with Crippen molar-refractivity contribution in [1.29, 1.82) is 0 Å². The average molecular weight is 463 g/mol. The minimum atomic E-state index is -0.627. The summed E-state index contributed by atoms with van der Waals surface area (Å²) in [6.07, 6.45) is 1.38. The molecular formula is C23H21N5O6. The van der Waals surface area contributed by atoms with E-state index < -0.39 is 11.2 Å². The van der Waals surface area contributed by atoms with E-state index in [9.17, 15) is 9.59 Å². The van der Waals surface area contributed by atoms with E-state index >= 15 is 0 Å². The van der Waals surface area contributed by atoms with Crippen molar-refractivity contribution in [2.45, 2.75) is 13.5 Å². The Morgan fingerprint density at radius 3 is 2.79 bits per heavy atom. The molecule has 0 amide bonds. The molecule has 0 radical (unpaired) electrons. The van der Waals surface area contributed by atoms with Crippen molar-refractivity contribution in [3.8, 4) is 28.7 Å². The fourth-order valence-corrected chi connectivity index (χ4v) is 3.63. The number of rotatable bonds is 7. The van der Waals surface area contributed by atoms with Crippen LogP contribution in [0.3, 0.4) is 0 Å². The molecule has 2 aromatic heterocycles. The van der Waals surface area contributed by atoms with Crippen LogP contribution >= 0.6 is 0 Å². The monoisotopic (exact) mass is 463 g/mol. The van der Waals surface area contributed by atoms with Crippen molar-refractivity contribution >= 4 is 17.0 Å². The van der Waals surface area contributed by atoms with Gasteiger partial charge in [-0.1, -0.05) is 6.07 Å². The summed E-state index contributed by atoms with van der Waals surface area (Å²) in [6, 6.07) is 10.4. The van der Waals surface area contributed by atoms with Gasteiger partial charge in [0.25, 0.3) is 5.56 Å². The van der Waals surface area contributed by atoms with Gasteiger partial charge in [-0.05, 0) is 36.8 Å². The van der Waals surface area contributed by atoms with Crippen LogP contribution in [0.1, 0.15) is 12.5 Å². The lowest BCUT2D eigenvalue weighted by Gasteiger charge is -2.12. The molecule has 0 atom stereocenters. The molecule has 0 fully saturated rings. The number of nitrogens with one attached hydrogen (secondary N) is 2. The Kier molecular flexibility index (Phi) is 5.50. The summed E-state index contributed by atoms with van der Waals surface area (Å²) in [5, 5.41) is 3.27. The summed E-state index contributed by atoms with van der Waals surface area (Å²) in [4.78, 5) is 37.0. The van der Waals surface area contributed by atoms with Gasteiger partial charge in [0.2, 0.25) is 12.7 Å². The molecule has 11 heteroatoms. The zero-order valence-electron chi connectivity index (χ0n) is 18.5. The number of ether oxygens (including phenoxy) is 4. The van der Waals surface area contributed by atoms with Gasteiger partial charge in [0.1, 0.15) is 5.39 Å². The molecule has 0 spiro atoms. The standard InChI is InChI=1S/C23H21N5O6/c1-3-32-18-8-13(4-6-16(18)31-2)10-24-22-25-11-15-20(26-22)27-23(30)28(21(15)29)14-5-7-17-19(9-14)34-12-33-17/h4-9,11H,3,10,12H2,1-2H3,(H2,24,25,26,27,30). The minimum absolute atomic E-state index is 0.0921. The predicted octanol–water partition coefficient (Wildman–Crippen LogP) is 2.22. The zero-order chi connectivity index (χ0) is 23.7. The molecule has 1 aliphatic heterocycles. The maximum atomic E-state index is 13.0. The maximum absolute atomic E-state index is 13.0. The third kappa shape index (κ3) is 3.87. The largest absolute Gasteiger partial charge is 0.493 e. The second-order valence-corrected chi connectivity index (χ2v) is 7.34. The lowest BCUT2D eigenvalue weighted by molar-refractivity contribution is 0.174. The Bertz CT molecular complexity index is 1500. The van der Waals surface area contributed by atoms with Crippen LogP contribution < -0.4 is 35.5 Å². The van der Waals surface area contributed by atoms with Crippen LogP contribution in [-0.4, -0.2) is 40.0 Å². The molecule has 0 bridgehead atoms. The first-order valence-electron chi connectivity index (χ1n) is 10.5. The van der Waals surface area contributed by atoms with Gasteiger partial charge in [-0.15, -0.1) is 0 Å². The molecule has 5 rings (SSSR count). The van der Waals surface area contributed by atoms with Gasteiger partial charge in [-0.2, -0.15) is 4.98 Å². The Balaban J connectivity index is 1.42. The number of nitrogens with zero attached hydrogens (tertiary/aromatic N) is 3. The second-order valence-electron chi connectivity index (χ2n) is 7.34. The van der Waals surface area contributed by atoms with E-state index in [0.717, 1.165) is 10.1 Å². The van der Waals surface area contributed by atoms with Crippen molar-refractivity contribution in [2.24, 2.45) is 0 Å². The van der Waals surface area contributed by atoms with Gasteiger partial charge >= 0.3 is 5.69 Å². The van der Waals surface area contributed by atoms with E-state index in [1.54, 1.807) is 25.3 Å². The van der Waals surface area contributed by atoms with Gasteiger partial charge in [0.15, 0.2) is 28.6 Å². The van der Waals surface area contributed by atoms with Crippen LogP contribution in [0.15, 0.2) is 52.2 Å². The highest BCUT2D eigenvalue weighted by molar-refractivity contribution is 5.73. The van der Waals surface area contributed by atoms with E-state index in [0.29, 0.717) is 41.8 Å². The number of benzene rings is 2. The summed E-state index contributed by atoms with van der Waals surface area (Å²) in [5.74, 6) is 2.56. The maximum Gasteiger partial charge on any atom is 0.334 e. The smallest absolute Gasteiger partial charge is 0.334 e. The summed E-state index contributed by atoms with van der Waals surface area (Å²) in [7, 11) is 1.58. The Morgan fingerprint density at radius 1 is 1.12 bits per heavy atom. The SMILES string of the molecule is CCOc1cc(CNc2ncc3c(=O)n(-c4ccc5c(c4)OCO5)c(=O)[nH]c3n2)ccc1OC. The van der Waals surface area contributed by atoms with Gasteiger partial charge in [0, 0.05) is 18.8 Å². The summed E-state index contributed by atoms with van der Waals surface area (Å²) >= 11 is 0. The highest BCUT2D eigenvalue weighted by Crippen LogP contribution is 2.33. The third-order valence-electron chi connectivity index (χ3n) is 5.24. The summed E-state index contributed by atoms with van der Waals surface area (Å²) in [5.41, 5.74) is 0.233. The fourth-order valence-electron chi connectivity index (χ4n) is 3.63. The first-order valence-corrected chi connectivity index (χ1v) is 10.5.